The zero-order valence-corrected chi connectivity index (χ0v) is 8.85. The van der Waals surface area contributed by atoms with E-state index in [1.165, 1.54) is 18.2 Å². The van der Waals surface area contributed by atoms with Crippen LogP contribution < -0.4 is 0 Å². The Morgan fingerprint density at radius 1 is 1.57 bits per heavy atom. The molecule has 0 saturated carbocycles. The van der Waals surface area contributed by atoms with Crippen molar-refractivity contribution >= 4 is 17.7 Å². The molecular weight excluding hydrogens is 203 g/mol. The number of benzene rings is 1. The third-order valence-corrected chi connectivity index (χ3v) is 2.24. The number of halogens is 2. The third-order valence-electron chi connectivity index (χ3n) is 2.00. The molecule has 0 amide bonds. The number of hydrogen-bond acceptors (Lipinski definition) is 1. The summed E-state index contributed by atoms with van der Waals surface area (Å²) in [5.74, 6) is -0.339. The molecule has 1 rings (SSSR count). The van der Waals surface area contributed by atoms with E-state index >= 15 is 0 Å². The Labute approximate surface area is 87.8 Å². The van der Waals surface area contributed by atoms with Gasteiger partial charge in [-0.2, -0.15) is 0 Å². The third kappa shape index (κ3) is 2.82. The second-order valence-electron chi connectivity index (χ2n) is 3.23. The van der Waals surface area contributed by atoms with E-state index in [2.05, 4.69) is 0 Å². The zero-order chi connectivity index (χ0) is 10.7. The van der Waals surface area contributed by atoms with Gasteiger partial charge in [-0.3, -0.25) is 0 Å². The summed E-state index contributed by atoms with van der Waals surface area (Å²) in [5, 5.41) is 9.70. The van der Waals surface area contributed by atoms with Crippen molar-refractivity contribution in [2.24, 2.45) is 0 Å². The van der Waals surface area contributed by atoms with E-state index in [4.69, 9.17) is 11.6 Å². The Hall–Kier alpha value is -0.860. The summed E-state index contributed by atoms with van der Waals surface area (Å²) in [5.41, 5.74) is 1.10. The molecule has 1 N–H and O–H groups in total. The molecule has 1 atom stereocenters. The summed E-state index contributed by atoms with van der Waals surface area (Å²) in [6.45, 7) is 3.37. The van der Waals surface area contributed by atoms with Crippen molar-refractivity contribution in [3.05, 3.63) is 40.2 Å². The topological polar surface area (TPSA) is 20.2 Å². The molecule has 1 unspecified atom stereocenters. The molecule has 0 bridgehead atoms. The summed E-state index contributed by atoms with van der Waals surface area (Å²) in [6, 6.07) is 4.33. The first-order valence-corrected chi connectivity index (χ1v) is 4.70. The van der Waals surface area contributed by atoms with Crippen molar-refractivity contribution < 1.29 is 9.50 Å². The van der Waals surface area contributed by atoms with Crippen LogP contribution in [0.2, 0.25) is 5.02 Å². The van der Waals surface area contributed by atoms with Crippen molar-refractivity contribution in [3.8, 4) is 0 Å². The molecular formula is C11H12ClFO. The Bertz CT molecular complexity index is 358. The minimum absolute atomic E-state index is 0.339. The van der Waals surface area contributed by atoms with Crippen LogP contribution in [0.15, 0.2) is 23.8 Å². The molecule has 1 aromatic carbocycles. The first kappa shape index (κ1) is 11.2. The highest BCUT2D eigenvalue weighted by molar-refractivity contribution is 6.30. The molecule has 0 heterocycles. The Kier molecular flexibility index (Phi) is 3.67. The SMILES string of the molecule is C/C(=C\c1cc(Cl)ccc1F)C(C)O. The van der Waals surface area contributed by atoms with Crippen LogP contribution in [-0.4, -0.2) is 11.2 Å². The predicted octanol–water partition coefficient (Wildman–Crippen LogP) is 3.26. The summed E-state index contributed by atoms with van der Waals surface area (Å²) >= 11 is 5.72. The van der Waals surface area contributed by atoms with Crippen molar-refractivity contribution in [2.75, 3.05) is 0 Å². The van der Waals surface area contributed by atoms with Gasteiger partial charge in [0, 0.05) is 10.6 Å². The molecule has 0 saturated heterocycles. The highest BCUT2D eigenvalue weighted by Crippen LogP contribution is 2.18. The summed E-state index contributed by atoms with van der Waals surface area (Å²) in [7, 11) is 0. The van der Waals surface area contributed by atoms with Gasteiger partial charge in [0.2, 0.25) is 0 Å². The fourth-order valence-corrected chi connectivity index (χ4v) is 1.17. The lowest BCUT2D eigenvalue weighted by molar-refractivity contribution is 0.232. The van der Waals surface area contributed by atoms with Gasteiger partial charge >= 0.3 is 0 Å². The summed E-state index contributed by atoms with van der Waals surface area (Å²) in [4.78, 5) is 0. The minimum Gasteiger partial charge on any atom is -0.389 e. The second-order valence-corrected chi connectivity index (χ2v) is 3.67. The van der Waals surface area contributed by atoms with Crippen molar-refractivity contribution in [3.63, 3.8) is 0 Å². The number of rotatable bonds is 2. The van der Waals surface area contributed by atoms with Crippen LogP contribution in [0.3, 0.4) is 0 Å². The fourth-order valence-electron chi connectivity index (χ4n) is 0.991. The van der Waals surface area contributed by atoms with Crippen molar-refractivity contribution in [2.45, 2.75) is 20.0 Å². The zero-order valence-electron chi connectivity index (χ0n) is 8.09. The first-order chi connectivity index (χ1) is 6.50. The standard InChI is InChI=1S/C11H12ClFO/c1-7(8(2)14)5-9-6-10(12)3-4-11(9)13/h3-6,8,14H,1-2H3/b7-5+. The highest BCUT2D eigenvalue weighted by Gasteiger charge is 2.03. The number of hydrogen-bond donors (Lipinski definition) is 1. The van der Waals surface area contributed by atoms with E-state index in [0.29, 0.717) is 16.2 Å². The molecule has 14 heavy (non-hydrogen) atoms. The molecule has 1 aromatic rings. The van der Waals surface area contributed by atoms with E-state index in [1.807, 2.05) is 0 Å². The van der Waals surface area contributed by atoms with Crippen LogP contribution in [0.5, 0.6) is 0 Å². The van der Waals surface area contributed by atoms with Gasteiger partial charge < -0.3 is 5.11 Å². The monoisotopic (exact) mass is 214 g/mol. The van der Waals surface area contributed by atoms with E-state index in [1.54, 1.807) is 19.9 Å². The van der Waals surface area contributed by atoms with E-state index in [0.717, 1.165) is 0 Å². The maximum Gasteiger partial charge on any atom is 0.130 e. The van der Waals surface area contributed by atoms with Gasteiger partial charge in [0.05, 0.1) is 6.10 Å². The van der Waals surface area contributed by atoms with Gasteiger partial charge in [0.1, 0.15) is 5.82 Å². The number of aliphatic hydroxyl groups excluding tert-OH is 1. The lowest BCUT2D eigenvalue weighted by Crippen LogP contribution is -2.00. The minimum atomic E-state index is -0.576. The van der Waals surface area contributed by atoms with Crippen LogP contribution >= 0.6 is 11.6 Å². The van der Waals surface area contributed by atoms with Gasteiger partial charge in [-0.05, 0) is 37.6 Å². The van der Waals surface area contributed by atoms with Gasteiger partial charge in [-0.15, -0.1) is 0 Å². The molecule has 0 fully saturated rings. The summed E-state index contributed by atoms with van der Waals surface area (Å²) in [6.07, 6.45) is 1.01. The molecule has 0 aliphatic heterocycles. The quantitative estimate of drug-likeness (QED) is 0.801. The van der Waals surface area contributed by atoms with Crippen LogP contribution in [0, 0.1) is 5.82 Å². The smallest absolute Gasteiger partial charge is 0.130 e. The highest BCUT2D eigenvalue weighted by atomic mass is 35.5. The maximum absolute atomic E-state index is 13.2. The van der Waals surface area contributed by atoms with E-state index in [9.17, 15) is 9.50 Å². The molecule has 0 radical (unpaired) electrons. The van der Waals surface area contributed by atoms with Gasteiger partial charge in [0.15, 0.2) is 0 Å². The second kappa shape index (κ2) is 4.58. The van der Waals surface area contributed by atoms with Crippen LogP contribution in [0.4, 0.5) is 4.39 Å². The predicted molar refractivity (Wildman–Crippen MR) is 56.7 cm³/mol. The Morgan fingerprint density at radius 2 is 2.21 bits per heavy atom. The largest absolute Gasteiger partial charge is 0.389 e. The van der Waals surface area contributed by atoms with Crippen LogP contribution in [0.25, 0.3) is 6.08 Å². The molecule has 0 spiro atoms. The number of aliphatic hydroxyl groups is 1. The molecule has 1 nitrogen and oxygen atoms in total. The fraction of sp³-hybridized carbons (Fsp3) is 0.273. The average Bonchev–Trinajstić information content (AvgIpc) is 2.11. The Balaban J connectivity index is 3.07. The van der Waals surface area contributed by atoms with Crippen molar-refractivity contribution in [1.29, 1.82) is 0 Å². The lowest BCUT2D eigenvalue weighted by Gasteiger charge is -2.05. The Morgan fingerprint density at radius 3 is 2.79 bits per heavy atom. The molecule has 0 aliphatic rings. The van der Waals surface area contributed by atoms with Gasteiger partial charge in [-0.1, -0.05) is 17.7 Å². The lowest BCUT2D eigenvalue weighted by atomic mass is 10.1. The molecule has 76 valence electrons. The van der Waals surface area contributed by atoms with E-state index < -0.39 is 6.10 Å². The average molecular weight is 215 g/mol. The molecule has 0 aromatic heterocycles. The first-order valence-electron chi connectivity index (χ1n) is 4.32. The molecule has 0 aliphatic carbocycles. The normalized spacial score (nSPS) is 14.2. The maximum atomic E-state index is 13.2. The van der Waals surface area contributed by atoms with Gasteiger partial charge in [0.25, 0.3) is 0 Å². The summed E-state index contributed by atoms with van der Waals surface area (Å²) < 4.78 is 13.2. The molecule has 3 heteroatoms. The van der Waals surface area contributed by atoms with Crippen LogP contribution in [0.1, 0.15) is 19.4 Å². The van der Waals surface area contributed by atoms with Crippen molar-refractivity contribution in [1.82, 2.24) is 0 Å². The van der Waals surface area contributed by atoms with Gasteiger partial charge in [-0.25, -0.2) is 4.39 Å². The van der Waals surface area contributed by atoms with Crippen LogP contribution in [-0.2, 0) is 0 Å². The van der Waals surface area contributed by atoms with E-state index in [-0.39, 0.29) is 5.82 Å².